The van der Waals surface area contributed by atoms with Crippen molar-refractivity contribution in [2.45, 2.75) is 25.9 Å². The lowest BCUT2D eigenvalue weighted by atomic mass is 10.3. The smallest absolute Gasteiger partial charge is 0.219 e. The number of amides is 1. The van der Waals surface area contributed by atoms with Crippen molar-refractivity contribution in [2.24, 2.45) is 0 Å². The number of likely N-dealkylation sites (tertiary alicyclic amines) is 1. The van der Waals surface area contributed by atoms with E-state index in [4.69, 9.17) is 0 Å². The monoisotopic (exact) mass is 225 g/mol. The first-order valence-electron chi connectivity index (χ1n) is 5.13. The van der Waals surface area contributed by atoms with Crippen LogP contribution >= 0.6 is 11.3 Å². The Balaban J connectivity index is 1.75. The van der Waals surface area contributed by atoms with Crippen LogP contribution in [-0.2, 0) is 11.3 Å². The van der Waals surface area contributed by atoms with E-state index in [-0.39, 0.29) is 5.91 Å². The fourth-order valence-electron chi connectivity index (χ4n) is 1.78. The Labute approximate surface area is 93.3 Å². The zero-order valence-corrected chi connectivity index (χ0v) is 9.59. The van der Waals surface area contributed by atoms with Crippen molar-refractivity contribution in [1.29, 1.82) is 0 Å². The van der Waals surface area contributed by atoms with Gasteiger partial charge in [0.2, 0.25) is 5.91 Å². The summed E-state index contributed by atoms with van der Waals surface area (Å²) in [5.41, 5.74) is 0. The van der Waals surface area contributed by atoms with Crippen molar-refractivity contribution in [2.75, 3.05) is 13.1 Å². The van der Waals surface area contributed by atoms with Crippen molar-refractivity contribution < 1.29 is 4.79 Å². The first kappa shape index (κ1) is 10.6. The highest BCUT2D eigenvalue weighted by atomic mass is 32.1. The lowest BCUT2D eigenvalue weighted by Crippen LogP contribution is -2.33. The number of nitrogens with zero attached hydrogens (tertiary/aromatic N) is 2. The fourth-order valence-corrected chi connectivity index (χ4v) is 2.35. The van der Waals surface area contributed by atoms with Crippen LogP contribution in [0.1, 0.15) is 18.4 Å². The second-order valence-corrected chi connectivity index (χ2v) is 4.74. The molecule has 4 nitrogen and oxygen atoms in total. The predicted molar refractivity (Wildman–Crippen MR) is 59.6 cm³/mol. The first-order chi connectivity index (χ1) is 7.25. The number of aromatic nitrogens is 1. The van der Waals surface area contributed by atoms with Crippen LogP contribution in [0, 0.1) is 0 Å². The van der Waals surface area contributed by atoms with E-state index in [2.05, 4.69) is 10.3 Å². The van der Waals surface area contributed by atoms with E-state index in [0.29, 0.717) is 6.04 Å². The second kappa shape index (κ2) is 4.72. The molecule has 1 aromatic heterocycles. The average molecular weight is 225 g/mol. The van der Waals surface area contributed by atoms with E-state index in [1.54, 1.807) is 18.3 Å². The molecule has 0 aromatic carbocycles. The summed E-state index contributed by atoms with van der Waals surface area (Å²) >= 11 is 1.66. The molecule has 82 valence electrons. The third kappa shape index (κ3) is 2.76. The standard InChI is InChI=1S/C10H15N3OS/c1-8(14)13-4-2-9(7-13)12-6-10-11-3-5-15-10/h3,5,9,12H,2,4,6-7H2,1H3. The van der Waals surface area contributed by atoms with Gasteiger partial charge < -0.3 is 10.2 Å². The van der Waals surface area contributed by atoms with E-state index in [0.717, 1.165) is 31.1 Å². The van der Waals surface area contributed by atoms with Crippen LogP contribution in [0.15, 0.2) is 11.6 Å². The molecule has 1 atom stereocenters. The molecule has 0 spiro atoms. The van der Waals surface area contributed by atoms with Crippen LogP contribution < -0.4 is 5.32 Å². The van der Waals surface area contributed by atoms with Gasteiger partial charge in [0.15, 0.2) is 0 Å². The van der Waals surface area contributed by atoms with Gasteiger partial charge in [0.1, 0.15) is 5.01 Å². The lowest BCUT2D eigenvalue weighted by molar-refractivity contribution is -0.127. The Morgan fingerprint density at radius 3 is 3.27 bits per heavy atom. The van der Waals surface area contributed by atoms with Gasteiger partial charge in [-0.3, -0.25) is 4.79 Å². The van der Waals surface area contributed by atoms with Gasteiger partial charge in [0, 0.05) is 44.2 Å². The summed E-state index contributed by atoms with van der Waals surface area (Å²) in [6.07, 6.45) is 2.86. The van der Waals surface area contributed by atoms with Crippen molar-refractivity contribution in [3.8, 4) is 0 Å². The first-order valence-corrected chi connectivity index (χ1v) is 6.01. The van der Waals surface area contributed by atoms with E-state index < -0.39 is 0 Å². The third-order valence-corrected chi connectivity index (χ3v) is 3.44. The fraction of sp³-hybridized carbons (Fsp3) is 0.600. The maximum Gasteiger partial charge on any atom is 0.219 e. The van der Waals surface area contributed by atoms with E-state index in [1.807, 2.05) is 16.5 Å². The van der Waals surface area contributed by atoms with Crippen LogP contribution in [-0.4, -0.2) is 34.9 Å². The average Bonchev–Trinajstić information content (AvgIpc) is 2.86. The number of carbonyl (C=O) groups excluding carboxylic acids is 1. The molecule has 1 aliphatic rings. The van der Waals surface area contributed by atoms with Gasteiger partial charge >= 0.3 is 0 Å². The molecule has 1 aliphatic heterocycles. The maximum atomic E-state index is 11.1. The Morgan fingerprint density at radius 1 is 1.80 bits per heavy atom. The van der Waals surface area contributed by atoms with Gasteiger partial charge in [-0.05, 0) is 6.42 Å². The summed E-state index contributed by atoms with van der Waals surface area (Å²) < 4.78 is 0. The topological polar surface area (TPSA) is 45.2 Å². The molecule has 2 heterocycles. The molecule has 1 fully saturated rings. The minimum atomic E-state index is 0.175. The quantitative estimate of drug-likeness (QED) is 0.829. The Morgan fingerprint density at radius 2 is 2.67 bits per heavy atom. The highest BCUT2D eigenvalue weighted by Crippen LogP contribution is 2.10. The molecule has 0 aliphatic carbocycles. The number of hydrogen-bond acceptors (Lipinski definition) is 4. The molecule has 1 unspecified atom stereocenters. The minimum absolute atomic E-state index is 0.175. The predicted octanol–water partition coefficient (Wildman–Crippen LogP) is 0.853. The highest BCUT2D eigenvalue weighted by molar-refractivity contribution is 7.09. The molecule has 1 aromatic rings. The zero-order chi connectivity index (χ0) is 10.7. The van der Waals surface area contributed by atoms with Crippen LogP contribution in [0.5, 0.6) is 0 Å². The number of hydrogen-bond donors (Lipinski definition) is 1. The van der Waals surface area contributed by atoms with Crippen LogP contribution in [0.3, 0.4) is 0 Å². The second-order valence-electron chi connectivity index (χ2n) is 3.76. The summed E-state index contributed by atoms with van der Waals surface area (Å²) in [6.45, 7) is 4.16. The van der Waals surface area contributed by atoms with Crippen LogP contribution in [0.4, 0.5) is 0 Å². The summed E-state index contributed by atoms with van der Waals surface area (Å²) in [5, 5.41) is 6.51. The number of carbonyl (C=O) groups is 1. The number of nitrogens with one attached hydrogen (secondary N) is 1. The van der Waals surface area contributed by atoms with Gasteiger partial charge in [-0.25, -0.2) is 4.98 Å². The summed E-state index contributed by atoms with van der Waals surface area (Å²) in [7, 11) is 0. The van der Waals surface area contributed by atoms with Crippen LogP contribution in [0.25, 0.3) is 0 Å². The molecule has 1 amide bonds. The maximum absolute atomic E-state index is 11.1. The van der Waals surface area contributed by atoms with Crippen molar-refractivity contribution in [1.82, 2.24) is 15.2 Å². The molecule has 0 saturated carbocycles. The van der Waals surface area contributed by atoms with Crippen molar-refractivity contribution in [3.63, 3.8) is 0 Å². The molecule has 5 heteroatoms. The van der Waals surface area contributed by atoms with Crippen molar-refractivity contribution in [3.05, 3.63) is 16.6 Å². The van der Waals surface area contributed by atoms with Crippen LogP contribution in [0.2, 0.25) is 0 Å². The van der Waals surface area contributed by atoms with Gasteiger partial charge in [0.05, 0.1) is 0 Å². The summed E-state index contributed by atoms with van der Waals surface area (Å²) in [6, 6.07) is 0.429. The minimum Gasteiger partial charge on any atom is -0.341 e. The molecule has 2 rings (SSSR count). The Kier molecular flexibility index (Phi) is 3.33. The van der Waals surface area contributed by atoms with Gasteiger partial charge in [-0.2, -0.15) is 0 Å². The molecule has 1 N–H and O–H groups in total. The van der Waals surface area contributed by atoms with Crippen molar-refractivity contribution >= 4 is 17.2 Å². The zero-order valence-electron chi connectivity index (χ0n) is 8.77. The molecule has 0 radical (unpaired) electrons. The largest absolute Gasteiger partial charge is 0.341 e. The summed E-state index contributed by atoms with van der Waals surface area (Å²) in [4.78, 5) is 17.2. The Bertz CT molecular complexity index is 325. The highest BCUT2D eigenvalue weighted by Gasteiger charge is 2.23. The Hall–Kier alpha value is -0.940. The number of thiazole rings is 1. The van der Waals surface area contributed by atoms with E-state index in [1.165, 1.54) is 0 Å². The summed E-state index contributed by atoms with van der Waals surface area (Å²) in [5.74, 6) is 0.175. The van der Waals surface area contributed by atoms with Gasteiger partial charge in [-0.1, -0.05) is 0 Å². The molecular formula is C10H15N3OS. The SMILES string of the molecule is CC(=O)N1CCC(NCc2nccs2)C1. The van der Waals surface area contributed by atoms with E-state index in [9.17, 15) is 4.79 Å². The number of rotatable bonds is 3. The third-order valence-electron chi connectivity index (χ3n) is 2.66. The lowest BCUT2D eigenvalue weighted by Gasteiger charge is -2.14. The normalized spacial score (nSPS) is 20.9. The molecular weight excluding hydrogens is 210 g/mol. The molecule has 15 heavy (non-hydrogen) atoms. The van der Waals surface area contributed by atoms with E-state index >= 15 is 0 Å². The van der Waals surface area contributed by atoms with Gasteiger partial charge in [0.25, 0.3) is 0 Å². The molecule has 0 bridgehead atoms. The van der Waals surface area contributed by atoms with Gasteiger partial charge in [-0.15, -0.1) is 11.3 Å². The molecule has 1 saturated heterocycles.